The lowest BCUT2D eigenvalue weighted by Crippen LogP contribution is -2.43. The summed E-state index contributed by atoms with van der Waals surface area (Å²) in [6, 6.07) is 0. The molecule has 1 saturated heterocycles. The molecule has 2 rings (SSSR count). The van der Waals surface area contributed by atoms with Crippen LogP contribution in [-0.2, 0) is 12.0 Å². The quantitative estimate of drug-likeness (QED) is 0.660. The first-order chi connectivity index (χ1) is 9.36. The molecule has 0 radical (unpaired) electrons. The molecule has 6 heteroatoms. The summed E-state index contributed by atoms with van der Waals surface area (Å²) in [5, 5.41) is 3.95. The van der Waals surface area contributed by atoms with E-state index in [9.17, 15) is 0 Å². The van der Waals surface area contributed by atoms with Crippen molar-refractivity contribution in [1.82, 2.24) is 15.0 Å². The van der Waals surface area contributed by atoms with Gasteiger partial charge in [0, 0.05) is 18.5 Å². The zero-order chi connectivity index (χ0) is 14.8. The minimum absolute atomic E-state index is 0.136. The molecule has 1 unspecified atom stereocenters. The van der Waals surface area contributed by atoms with Crippen molar-refractivity contribution < 1.29 is 4.52 Å². The third-order valence-electron chi connectivity index (χ3n) is 3.47. The normalized spacial score (nSPS) is 21.3. The Hall–Kier alpha value is -1.59. The molecule has 0 aromatic carbocycles. The van der Waals surface area contributed by atoms with Crippen molar-refractivity contribution in [3.8, 4) is 0 Å². The van der Waals surface area contributed by atoms with E-state index in [1.165, 1.54) is 12.8 Å². The smallest absolute Gasteiger partial charge is 0.232 e. The lowest BCUT2D eigenvalue weighted by molar-refractivity contribution is 0.270. The Kier molecular flexibility index (Phi) is 4.30. The number of nitrogens with zero attached hydrogens (tertiary/aromatic N) is 4. The zero-order valence-corrected chi connectivity index (χ0v) is 12.9. The maximum atomic E-state index is 6.04. The number of likely N-dealkylation sites (tertiary alicyclic amines) is 1. The molecule has 6 nitrogen and oxygen atoms in total. The largest absolute Gasteiger partial charge is 0.370 e. The average molecular weight is 279 g/mol. The molecule has 0 amide bonds. The van der Waals surface area contributed by atoms with Crippen LogP contribution < -0.4 is 5.73 Å². The van der Waals surface area contributed by atoms with Crippen LogP contribution in [0.5, 0.6) is 0 Å². The van der Waals surface area contributed by atoms with Crippen LogP contribution in [0.25, 0.3) is 0 Å². The topological polar surface area (TPSA) is 80.5 Å². The molecular weight excluding hydrogens is 254 g/mol. The highest BCUT2D eigenvalue weighted by atomic mass is 16.5. The minimum Gasteiger partial charge on any atom is -0.370 e. The van der Waals surface area contributed by atoms with E-state index in [2.05, 4.69) is 27.0 Å². The summed E-state index contributed by atoms with van der Waals surface area (Å²) in [5.41, 5.74) is 5.90. The van der Waals surface area contributed by atoms with Gasteiger partial charge >= 0.3 is 0 Å². The van der Waals surface area contributed by atoms with Gasteiger partial charge in [-0.15, -0.1) is 0 Å². The van der Waals surface area contributed by atoms with E-state index in [4.69, 9.17) is 10.3 Å². The summed E-state index contributed by atoms with van der Waals surface area (Å²) < 4.78 is 5.24. The van der Waals surface area contributed by atoms with Crippen molar-refractivity contribution in [2.75, 3.05) is 13.1 Å². The highest BCUT2D eigenvalue weighted by Crippen LogP contribution is 2.20. The first-order valence-corrected chi connectivity index (χ1v) is 7.24. The van der Waals surface area contributed by atoms with Gasteiger partial charge in [0.15, 0.2) is 11.8 Å². The SMILES string of the molecule is CC1CCCN(C(N)=NCc2noc(C(C)(C)C)n2)C1. The van der Waals surface area contributed by atoms with Crippen molar-refractivity contribution in [2.45, 2.75) is 52.5 Å². The predicted octanol–water partition coefficient (Wildman–Crippen LogP) is 1.91. The fraction of sp³-hybridized carbons (Fsp3) is 0.786. The summed E-state index contributed by atoms with van der Waals surface area (Å²) >= 11 is 0. The fourth-order valence-electron chi connectivity index (χ4n) is 2.27. The Morgan fingerprint density at radius 2 is 2.25 bits per heavy atom. The molecule has 1 aromatic rings. The van der Waals surface area contributed by atoms with Crippen LogP contribution in [0.3, 0.4) is 0 Å². The van der Waals surface area contributed by atoms with Gasteiger partial charge in [-0.2, -0.15) is 4.98 Å². The standard InChI is InChI=1S/C14H25N5O/c1-10-6-5-7-19(9-10)13(15)16-8-11-17-12(20-18-11)14(2,3)4/h10H,5-9H2,1-4H3,(H2,15,16). The average Bonchev–Trinajstić information content (AvgIpc) is 2.84. The number of hydrogen-bond donors (Lipinski definition) is 1. The summed E-state index contributed by atoms with van der Waals surface area (Å²) in [5.74, 6) is 2.48. The van der Waals surface area contributed by atoms with Gasteiger partial charge in [0.25, 0.3) is 0 Å². The molecule has 2 N–H and O–H groups in total. The Bertz CT molecular complexity index is 474. The molecule has 20 heavy (non-hydrogen) atoms. The number of hydrogen-bond acceptors (Lipinski definition) is 4. The van der Waals surface area contributed by atoms with Crippen LogP contribution >= 0.6 is 0 Å². The van der Waals surface area contributed by atoms with Crippen LogP contribution in [0, 0.1) is 5.92 Å². The molecule has 1 aromatic heterocycles. The second-order valence-electron chi connectivity index (χ2n) is 6.63. The summed E-state index contributed by atoms with van der Waals surface area (Å²) in [7, 11) is 0. The highest BCUT2D eigenvalue weighted by Gasteiger charge is 2.22. The van der Waals surface area contributed by atoms with Crippen molar-refractivity contribution in [3.05, 3.63) is 11.7 Å². The molecule has 112 valence electrons. The van der Waals surface area contributed by atoms with Crippen LogP contribution in [0.4, 0.5) is 0 Å². The van der Waals surface area contributed by atoms with Gasteiger partial charge in [-0.25, -0.2) is 4.99 Å². The Balaban J connectivity index is 1.96. The fourth-order valence-corrected chi connectivity index (χ4v) is 2.27. The summed E-state index contributed by atoms with van der Waals surface area (Å²) in [6.45, 7) is 10.7. The molecule has 1 atom stereocenters. The number of piperidine rings is 1. The monoisotopic (exact) mass is 279 g/mol. The zero-order valence-electron chi connectivity index (χ0n) is 12.9. The van der Waals surface area contributed by atoms with Crippen LogP contribution in [0.2, 0.25) is 0 Å². The highest BCUT2D eigenvalue weighted by molar-refractivity contribution is 5.78. The number of guanidine groups is 1. The Labute approximate surface area is 120 Å². The van der Waals surface area contributed by atoms with E-state index in [1.54, 1.807) is 0 Å². The van der Waals surface area contributed by atoms with E-state index < -0.39 is 0 Å². The van der Waals surface area contributed by atoms with Crippen LogP contribution in [-0.4, -0.2) is 34.1 Å². The maximum Gasteiger partial charge on any atom is 0.232 e. The first-order valence-electron chi connectivity index (χ1n) is 7.24. The van der Waals surface area contributed by atoms with Gasteiger partial charge in [0.05, 0.1) is 0 Å². The lowest BCUT2D eigenvalue weighted by Gasteiger charge is -2.31. The van der Waals surface area contributed by atoms with E-state index >= 15 is 0 Å². The molecule has 1 fully saturated rings. The Morgan fingerprint density at radius 3 is 2.85 bits per heavy atom. The predicted molar refractivity (Wildman–Crippen MR) is 78.3 cm³/mol. The third-order valence-corrected chi connectivity index (χ3v) is 3.47. The van der Waals surface area contributed by atoms with Crippen LogP contribution in [0.1, 0.15) is 52.3 Å². The first kappa shape index (κ1) is 14.8. The Morgan fingerprint density at radius 1 is 1.50 bits per heavy atom. The van der Waals surface area contributed by atoms with Gasteiger partial charge in [0.2, 0.25) is 5.89 Å². The number of aliphatic imine (C=N–C) groups is 1. The molecule has 1 aliphatic rings. The molecule has 0 bridgehead atoms. The molecular formula is C14H25N5O. The van der Waals surface area contributed by atoms with Crippen molar-refractivity contribution in [2.24, 2.45) is 16.6 Å². The van der Waals surface area contributed by atoms with E-state index in [-0.39, 0.29) is 5.41 Å². The molecule has 1 aliphatic heterocycles. The maximum absolute atomic E-state index is 6.04. The second-order valence-corrected chi connectivity index (χ2v) is 6.63. The van der Waals surface area contributed by atoms with Gasteiger partial charge in [-0.05, 0) is 18.8 Å². The van der Waals surface area contributed by atoms with Gasteiger partial charge in [-0.3, -0.25) is 0 Å². The van der Waals surface area contributed by atoms with E-state index in [0.717, 1.165) is 13.1 Å². The molecule has 0 saturated carbocycles. The summed E-state index contributed by atoms with van der Waals surface area (Å²) in [6.07, 6.45) is 2.44. The van der Waals surface area contributed by atoms with Gasteiger partial charge in [-0.1, -0.05) is 32.9 Å². The van der Waals surface area contributed by atoms with E-state index in [1.807, 2.05) is 20.8 Å². The molecule has 2 heterocycles. The molecule has 0 aliphatic carbocycles. The lowest BCUT2D eigenvalue weighted by atomic mass is 9.97. The number of nitrogens with two attached hydrogens (primary N) is 1. The minimum atomic E-state index is -0.136. The van der Waals surface area contributed by atoms with Crippen LogP contribution in [0.15, 0.2) is 9.52 Å². The van der Waals surface area contributed by atoms with Crippen molar-refractivity contribution in [1.29, 1.82) is 0 Å². The molecule has 0 spiro atoms. The van der Waals surface area contributed by atoms with Gasteiger partial charge in [0.1, 0.15) is 6.54 Å². The van der Waals surface area contributed by atoms with Crippen molar-refractivity contribution in [3.63, 3.8) is 0 Å². The van der Waals surface area contributed by atoms with E-state index in [0.29, 0.717) is 30.1 Å². The van der Waals surface area contributed by atoms with Crippen molar-refractivity contribution >= 4 is 5.96 Å². The number of rotatable bonds is 2. The third kappa shape index (κ3) is 3.71. The second kappa shape index (κ2) is 5.81. The number of aromatic nitrogens is 2. The summed E-state index contributed by atoms with van der Waals surface area (Å²) in [4.78, 5) is 10.9. The van der Waals surface area contributed by atoms with Gasteiger partial charge < -0.3 is 15.2 Å².